The van der Waals surface area contributed by atoms with Crippen LogP contribution in [0.15, 0.2) is 30.5 Å². The van der Waals surface area contributed by atoms with Crippen LogP contribution in [0.1, 0.15) is 48.9 Å². The molecule has 1 aromatic heterocycles. The summed E-state index contributed by atoms with van der Waals surface area (Å²) in [5.41, 5.74) is 1.66. The topological polar surface area (TPSA) is 65.2 Å². The molecule has 5 nitrogen and oxygen atoms in total. The van der Waals surface area contributed by atoms with Crippen molar-refractivity contribution >= 4 is 22.7 Å². The Labute approximate surface area is 147 Å². The first-order valence-corrected chi connectivity index (χ1v) is 9.37. The summed E-state index contributed by atoms with van der Waals surface area (Å²) in [7, 11) is 0. The van der Waals surface area contributed by atoms with E-state index in [1.165, 1.54) is 12.8 Å². The summed E-state index contributed by atoms with van der Waals surface area (Å²) in [5.74, 6) is 0.0756. The van der Waals surface area contributed by atoms with E-state index in [1.54, 1.807) is 0 Å². The van der Waals surface area contributed by atoms with Crippen LogP contribution in [0.3, 0.4) is 0 Å². The Morgan fingerprint density at radius 1 is 1.08 bits per heavy atom. The molecule has 2 fully saturated rings. The number of H-pyrrole nitrogens is 1. The monoisotopic (exact) mass is 339 g/mol. The lowest BCUT2D eigenvalue weighted by molar-refractivity contribution is -0.127. The molecule has 1 atom stereocenters. The fourth-order valence-corrected chi connectivity index (χ4v) is 4.13. The number of carbonyl (C=O) groups is 2. The van der Waals surface area contributed by atoms with Crippen molar-refractivity contribution in [1.82, 2.24) is 15.2 Å². The van der Waals surface area contributed by atoms with Gasteiger partial charge in [-0.1, -0.05) is 18.9 Å². The second-order valence-electron chi connectivity index (χ2n) is 7.36. The van der Waals surface area contributed by atoms with Crippen molar-refractivity contribution in [3.63, 3.8) is 0 Å². The number of benzene rings is 1. The Bertz CT molecular complexity index is 776. The molecule has 1 saturated heterocycles. The van der Waals surface area contributed by atoms with Gasteiger partial charge in [-0.05, 0) is 49.3 Å². The van der Waals surface area contributed by atoms with Crippen molar-refractivity contribution in [3.8, 4) is 0 Å². The van der Waals surface area contributed by atoms with Gasteiger partial charge in [0.05, 0.1) is 5.92 Å². The molecule has 2 aromatic rings. The molecule has 2 aliphatic rings. The minimum absolute atomic E-state index is 0.0230. The predicted octanol–water partition coefficient (Wildman–Crippen LogP) is 3.08. The number of aromatic amines is 1. The van der Waals surface area contributed by atoms with Crippen molar-refractivity contribution in [2.45, 2.75) is 44.6 Å². The fraction of sp³-hybridized carbons (Fsp3) is 0.500. The average Bonchev–Trinajstić information content (AvgIpc) is 3.32. The van der Waals surface area contributed by atoms with Crippen molar-refractivity contribution in [2.24, 2.45) is 5.92 Å². The van der Waals surface area contributed by atoms with E-state index in [2.05, 4.69) is 10.3 Å². The molecular weight excluding hydrogens is 314 g/mol. The molecular formula is C20H25N3O2. The second kappa shape index (κ2) is 6.90. The summed E-state index contributed by atoms with van der Waals surface area (Å²) < 4.78 is 0. The third-order valence-corrected chi connectivity index (χ3v) is 5.58. The minimum atomic E-state index is -0.0764. The molecule has 5 heteroatoms. The maximum absolute atomic E-state index is 12.9. The Kier molecular flexibility index (Phi) is 4.47. The summed E-state index contributed by atoms with van der Waals surface area (Å²) in [4.78, 5) is 30.4. The van der Waals surface area contributed by atoms with Crippen LogP contribution in [-0.4, -0.2) is 40.8 Å². The van der Waals surface area contributed by atoms with Crippen LogP contribution in [0.25, 0.3) is 10.9 Å². The lowest BCUT2D eigenvalue weighted by Gasteiger charge is -2.32. The number of aromatic nitrogens is 1. The van der Waals surface area contributed by atoms with E-state index >= 15 is 0 Å². The summed E-state index contributed by atoms with van der Waals surface area (Å²) in [6.45, 7) is 1.26. The molecule has 1 saturated carbocycles. The van der Waals surface area contributed by atoms with Crippen molar-refractivity contribution < 1.29 is 9.59 Å². The van der Waals surface area contributed by atoms with Gasteiger partial charge in [0, 0.05) is 36.4 Å². The van der Waals surface area contributed by atoms with Crippen LogP contribution >= 0.6 is 0 Å². The Balaban J connectivity index is 1.42. The van der Waals surface area contributed by atoms with Gasteiger partial charge in [-0.15, -0.1) is 0 Å². The van der Waals surface area contributed by atoms with Gasteiger partial charge in [-0.2, -0.15) is 0 Å². The van der Waals surface area contributed by atoms with Gasteiger partial charge < -0.3 is 15.2 Å². The molecule has 2 N–H and O–H groups in total. The number of nitrogens with zero attached hydrogens (tertiary/aromatic N) is 1. The molecule has 0 unspecified atom stereocenters. The molecule has 25 heavy (non-hydrogen) atoms. The van der Waals surface area contributed by atoms with Gasteiger partial charge in [0.15, 0.2) is 0 Å². The maximum atomic E-state index is 12.9. The Hall–Kier alpha value is -2.30. The van der Waals surface area contributed by atoms with E-state index in [4.69, 9.17) is 0 Å². The number of rotatable bonds is 3. The van der Waals surface area contributed by atoms with Crippen molar-refractivity contribution in [3.05, 3.63) is 36.0 Å². The molecule has 2 amide bonds. The first-order valence-electron chi connectivity index (χ1n) is 9.37. The summed E-state index contributed by atoms with van der Waals surface area (Å²) >= 11 is 0. The van der Waals surface area contributed by atoms with Gasteiger partial charge in [-0.25, -0.2) is 0 Å². The minimum Gasteiger partial charge on any atom is -0.361 e. The van der Waals surface area contributed by atoms with E-state index in [1.807, 2.05) is 35.4 Å². The molecule has 1 aliphatic carbocycles. The standard InChI is InChI=1S/C20H25N3O2/c24-19(22-17-5-1-2-6-17)16-4-3-11-23(13-16)20(25)15-8-7-14-9-10-21-18(14)12-15/h7-10,12,16-17,21H,1-6,11,13H2,(H,22,24)/t16-/m0/s1. The van der Waals surface area contributed by atoms with Gasteiger partial charge >= 0.3 is 0 Å². The maximum Gasteiger partial charge on any atom is 0.253 e. The molecule has 1 aromatic carbocycles. The zero-order valence-corrected chi connectivity index (χ0v) is 14.5. The first kappa shape index (κ1) is 16.2. The molecule has 0 radical (unpaired) electrons. The van der Waals surface area contributed by atoms with Crippen LogP contribution in [-0.2, 0) is 4.79 Å². The van der Waals surface area contributed by atoms with Crippen LogP contribution in [0.2, 0.25) is 0 Å². The summed E-state index contributed by atoms with van der Waals surface area (Å²) in [6.07, 6.45) is 8.25. The lowest BCUT2D eigenvalue weighted by Crippen LogP contribution is -2.47. The number of likely N-dealkylation sites (tertiary alicyclic amines) is 1. The highest BCUT2D eigenvalue weighted by molar-refractivity contribution is 5.98. The molecule has 2 heterocycles. The lowest BCUT2D eigenvalue weighted by atomic mass is 9.96. The van der Waals surface area contributed by atoms with Gasteiger partial charge in [0.2, 0.25) is 5.91 Å². The van der Waals surface area contributed by atoms with Gasteiger partial charge in [-0.3, -0.25) is 9.59 Å². The van der Waals surface area contributed by atoms with Crippen molar-refractivity contribution in [2.75, 3.05) is 13.1 Å². The van der Waals surface area contributed by atoms with E-state index in [0.29, 0.717) is 18.2 Å². The SMILES string of the molecule is O=C(NC1CCCC1)[C@H]1CCCN(C(=O)c2ccc3cc[nH]c3c2)C1. The summed E-state index contributed by atoms with van der Waals surface area (Å²) in [6, 6.07) is 8.08. The van der Waals surface area contributed by atoms with E-state index in [-0.39, 0.29) is 17.7 Å². The number of fused-ring (bicyclic) bond motifs is 1. The number of hydrogen-bond acceptors (Lipinski definition) is 2. The summed E-state index contributed by atoms with van der Waals surface area (Å²) in [5, 5.41) is 4.29. The number of hydrogen-bond donors (Lipinski definition) is 2. The zero-order valence-electron chi connectivity index (χ0n) is 14.5. The average molecular weight is 339 g/mol. The van der Waals surface area contributed by atoms with E-state index in [9.17, 15) is 9.59 Å². The largest absolute Gasteiger partial charge is 0.361 e. The zero-order chi connectivity index (χ0) is 17.2. The quantitative estimate of drug-likeness (QED) is 0.902. The predicted molar refractivity (Wildman–Crippen MR) is 97.3 cm³/mol. The Morgan fingerprint density at radius 2 is 1.92 bits per heavy atom. The highest BCUT2D eigenvalue weighted by atomic mass is 16.2. The molecule has 1 aliphatic heterocycles. The first-order chi connectivity index (χ1) is 12.2. The highest BCUT2D eigenvalue weighted by Gasteiger charge is 2.30. The normalized spacial score (nSPS) is 21.6. The van der Waals surface area contributed by atoms with Gasteiger partial charge in [0.25, 0.3) is 5.91 Å². The number of amides is 2. The molecule has 132 valence electrons. The number of nitrogens with one attached hydrogen (secondary N) is 2. The number of carbonyl (C=O) groups excluding carboxylic acids is 2. The van der Waals surface area contributed by atoms with Crippen molar-refractivity contribution in [1.29, 1.82) is 0 Å². The van der Waals surface area contributed by atoms with Crippen LogP contribution < -0.4 is 5.32 Å². The van der Waals surface area contributed by atoms with Crippen LogP contribution in [0.5, 0.6) is 0 Å². The highest BCUT2D eigenvalue weighted by Crippen LogP contribution is 2.23. The molecule has 0 spiro atoms. The third kappa shape index (κ3) is 3.41. The smallest absolute Gasteiger partial charge is 0.253 e. The van der Waals surface area contributed by atoms with Crippen LogP contribution in [0.4, 0.5) is 0 Å². The molecule has 4 rings (SSSR count). The fourth-order valence-electron chi connectivity index (χ4n) is 4.13. The second-order valence-corrected chi connectivity index (χ2v) is 7.36. The van der Waals surface area contributed by atoms with E-state index < -0.39 is 0 Å². The molecule has 0 bridgehead atoms. The van der Waals surface area contributed by atoms with Crippen LogP contribution in [0, 0.1) is 5.92 Å². The van der Waals surface area contributed by atoms with E-state index in [0.717, 1.165) is 43.1 Å². The third-order valence-electron chi connectivity index (χ3n) is 5.58. The Morgan fingerprint density at radius 3 is 2.76 bits per heavy atom. The van der Waals surface area contributed by atoms with Gasteiger partial charge in [0.1, 0.15) is 0 Å². The number of piperidine rings is 1.